The fraction of sp³-hybridized carbons (Fsp3) is 0.182. The maximum Gasteiger partial charge on any atom is 0.254 e. The topological polar surface area (TPSA) is 42.4 Å². The van der Waals surface area contributed by atoms with Crippen molar-refractivity contribution in [3.63, 3.8) is 0 Å². The molecule has 1 aromatic heterocycles. The summed E-state index contributed by atoms with van der Waals surface area (Å²) in [4.78, 5) is 18.8. The Hall–Kier alpha value is -3.14. The molecule has 0 N–H and O–H groups in total. The first-order valence-electron chi connectivity index (χ1n) is 8.51. The minimum absolute atomic E-state index is 0.0221. The van der Waals surface area contributed by atoms with E-state index in [-0.39, 0.29) is 11.9 Å². The van der Waals surface area contributed by atoms with Crippen LogP contribution in [0.4, 0.5) is 0 Å². The van der Waals surface area contributed by atoms with Crippen LogP contribution in [0.5, 0.6) is 5.75 Å². The van der Waals surface area contributed by atoms with E-state index in [1.807, 2.05) is 74.6 Å². The van der Waals surface area contributed by atoms with E-state index in [1.54, 1.807) is 24.4 Å². The van der Waals surface area contributed by atoms with Gasteiger partial charge in [-0.1, -0.05) is 30.3 Å². The number of nitrogens with zero attached hydrogens (tertiary/aromatic N) is 2. The van der Waals surface area contributed by atoms with E-state index < -0.39 is 0 Å². The van der Waals surface area contributed by atoms with Gasteiger partial charge in [0.2, 0.25) is 0 Å². The third-order valence-electron chi connectivity index (χ3n) is 4.58. The molecule has 0 saturated carbocycles. The Morgan fingerprint density at radius 2 is 1.77 bits per heavy atom. The molecule has 0 bridgehead atoms. The lowest BCUT2D eigenvalue weighted by atomic mass is 10.0. The minimum atomic E-state index is -0.0586. The molecule has 4 heteroatoms. The van der Waals surface area contributed by atoms with Gasteiger partial charge in [0, 0.05) is 25.0 Å². The van der Waals surface area contributed by atoms with Crippen LogP contribution in [0.15, 0.2) is 73.1 Å². The Morgan fingerprint density at radius 1 is 1.04 bits per heavy atom. The molecule has 3 rings (SSSR count). The molecule has 0 fully saturated rings. The molecule has 0 spiro atoms. The average Bonchev–Trinajstić information content (AvgIpc) is 2.73. The van der Waals surface area contributed by atoms with Crippen molar-refractivity contribution >= 4 is 5.91 Å². The fourth-order valence-electron chi connectivity index (χ4n) is 2.86. The predicted octanol–water partition coefficient (Wildman–Crippen LogP) is 4.59. The molecule has 1 heterocycles. The largest absolute Gasteiger partial charge is 0.497 e. The summed E-state index contributed by atoms with van der Waals surface area (Å²) in [5.74, 6) is 0.771. The molecule has 3 aromatic rings. The molecular weight excluding hydrogens is 324 g/mol. The van der Waals surface area contributed by atoms with Gasteiger partial charge in [-0.3, -0.25) is 9.78 Å². The molecule has 0 radical (unpaired) electrons. The molecule has 26 heavy (non-hydrogen) atoms. The first-order valence-corrected chi connectivity index (χ1v) is 8.51. The highest BCUT2D eigenvalue weighted by atomic mass is 16.5. The number of rotatable bonds is 5. The summed E-state index contributed by atoms with van der Waals surface area (Å²) in [6.07, 6.45) is 3.52. The SMILES string of the molecule is COc1cccc(-c2cccc(C(=O)N(C)[C@@H](C)c3cccnc3)c2)c1. The Bertz CT molecular complexity index is 893. The van der Waals surface area contributed by atoms with Gasteiger partial charge in [0.25, 0.3) is 5.91 Å². The van der Waals surface area contributed by atoms with Gasteiger partial charge in [0.1, 0.15) is 5.75 Å². The zero-order chi connectivity index (χ0) is 18.5. The standard InChI is InChI=1S/C22H22N2O2/c1-16(20-10-6-12-23-15-20)24(2)22(25)19-9-4-7-17(13-19)18-8-5-11-21(14-18)26-3/h4-16H,1-3H3/t16-/m0/s1. The number of amides is 1. The molecule has 0 aliphatic heterocycles. The Balaban J connectivity index is 1.86. The number of benzene rings is 2. The van der Waals surface area contributed by atoms with Gasteiger partial charge in [-0.2, -0.15) is 0 Å². The van der Waals surface area contributed by atoms with Gasteiger partial charge < -0.3 is 9.64 Å². The maximum atomic E-state index is 12.9. The summed E-state index contributed by atoms with van der Waals surface area (Å²) in [6, 6.07) is 19.3. The van der Waals surface area contributed by atoms with Gasteiger partial charge in [0.05, 0.1) is 13.2 Å². The van der Waals surface area contributed by atoms with Crippen LogP contribution in [0.2, 0.25) is 0 Å². The van der Waals surface area contributed by atoms with Crippen LogP contribution in [0.25, 0.3) is 11.1 Å². The van der Waals surface area contributed by atoms with E-state index in [0.717, 1.165) is 22.4 Å². The molecule has 2 aromatic carbocycles. The van der Waals surface area contributed by atoms with E-state index in [9.17, 15) is 4.79 Å². The van der Waals surface area contributed by atoms with E-state index in [4.69, 9.17) is 4.74 Å². The van der Waals surface area contributed by atoms with Crippen LogP contribution in [-0.4, -0.2) is 29.9 Å². The van der Waals surface area contributed by atoms with E-state index in [2.05, 4.69) is 4.98 Å². The summed E-state index contributed by atoms with van der Waals surface area (Å²) in [5.41, 5.74) is 3.66. The number of aromatic nitrogens is 1. The van der Waals surface area contributed by atoms with Crippen LogP contribution in [0.3, 0.4) is 0 Å². The highest BCUT2D eigenvalue weighted by Crippen LogP contribution is 2.26. The average molecular weight is 346 g/mol. The first-order chi connectivity index (χ1) is 12.6. The molecule has 1 atom stereocenters. The summed E-state index contributed by atoms with van der Waals surface area (Å²) in [6.45, 7) is 2.00. The van der Waals surface area contributed by atoms with Crippen LogP contribution in [0, 0.1) is 0 Å². The lowest BCUT2D eigenvalue weighted by Gasteiger charge is -2.25. The number of hydrogen-bond acceptors (Lipinski definition) is 3. The van der Waals surface area contributed by atoms with Crippen LogP contribution in [-0.2, 0) is 0 Å². The highest BCUT2D eigenvalue weighted by Gasteiger charge is 2.19. The van der Waals surface area contributed by atoms with Crippen molar-refractivity contribution in [1.29, 1.82) is 0 Å². The van der Waals surface area contributed by atoms with Crippen molar-refractivity contribution in [2.24, 2.45) is 0 Å². The van der Waals surface area contributed by atoms with Crippen LogP contribution in [0.1, 0.15) is 28.9 Å². The molecule has 0 aliphatic rings. The Morgan fingerprint density at radius 3 is 2.46 bits per heavy atom. The molecule has 132 valence electrons. The lowest BCUT2D eigenvalue weighted by molar-refractivity contribution is 0.0742. The predicted molar refractivity (Wildman–Crippen MR) is 103 cm³/mol. The number of methoxy groups -OCH3 is 1. The van der Waals surface area contributed by atoms with Gasteiger partial charge in [-0.05, 0) is 53.9 Å². The summed E-state index contributed by atoms with van der Waals surface area (Å²) in [5, 5.41) is 0. The Kier molecular flexibility index (Phi) is 5.32. The number of ether oxygens (including phenoxy) is 1. The second kappa shape index (κ2) is 7.83. The zero-order valence-corrected chi connectivity index (χ0v) is 15.2. The second-order valence-electron chi connectivity index (χ2n) is 6.19. The normalized spacial score (nSPS) is 11.7. The lowest BCUT2D eigenvalue weighted by Crippen LogP contribution is -2.29. The first kappa shape index (κ1) is 17.7. The molecular formula is C22H22N2O2. The highest BCUT2D eigenvalue weighted by molar-refractivity contribution is 5.95. The molecule has 0 aliphatic carbocycles. The van der Waals surface area contributed by atoms with Crippen LogP contribution < -0.4 is 4.74 Å². The third-order valence-corrected chi connectivity index (χ3v) is 4.58. The monoisotopic (exact) mass is 346 g/mol. The van der Waals surface area contributed by atoms with Crippen molar-refractivity contribution in [2.45, 2.75) is 13.0 Å². The van der Waals surface area contributed by atoms with E-state index in [0.29, 0.717) is 5.56 Å². The van der Waals surface area contributed by atoms with E-state index >= 15 is 0 Å². The van der Waals surface area contributed by atoms with Crippen molar-refractivity contribution in [1.82, 2.24) is 9.88 Å². The molecule has 0 saturated heterocycles. The second-order valence-corrected chi connectivity index (χ2v) is 6.19. The van der Waals surface area contributed by atoms with Crippen molar-refractivity contribution in [3.8, 4) is 16.9 Å². The van der Waals surface area contributed by atoms with Crippen LogP contribution >= 0.6 is 0 Å². The Labute approximate surface area is 154 Å². The zero-order valence-electron chi connectivity index (χ0n) is 15.2. The minimum Gasteiger partial charge on any atom is -0.497 e. The summed E-state index contributed by atoms with van der Waals surface area (Å²) < 4.78 is 5.29. The third kappa shape index (κ3) is 3.75. The summed E-state index contributed by atoms with van der Waals surface area (Å²) in [7, 11) is 3.46. The number of pyridine rings is 1. The molecule has 4 nitrogen and oxygen atoms in total. The van der Waals surface area contributed by atoms with Crippen molar-refractivity contribution < 1.29 is 9.53 Å². The number of carbonyl (C=O) groups excluding carboxylic acids is 1. The summed E-state index contributed by atoms with van der Waals surface area (Å²) >= 11 is 0. The smallest absolute Gasteiger partial charge is 0.254 e. The van der Waals surface area contributed by atoms with Crippen molar-refractivity contribution in [3.05, 3.63) is 84.2 Å². The van der Waals surface area contributed by atoms with Gasteiger partial charge in [-0.15, -0.1) is 0 Å². The van der Waals surface area contributed by atoms with Gasteiger partial charge in [0.15, 0.2) is 0 Å². The number of carbonyl (C=O) groups is 1. The molecule has 1 amide bonds. The number of hydrogen-bond donors (Lipinski definition) is 0. The maximum absolute atomic E-state index is 12.9. The molecule has 0 unspecified atom stereocenters. The van der Waals surface area contributed by atoms with Gasteiger partial charge >= 0.3 is 0 Å². The fourth-order valence-corrected chi connectivity index (χ4v) is 2.86. The van der Waals surface area contributed by atoms with E-state index in [1.165, 1.54) is 0 Å². The van der Waals surface area contributed by atoms with Gasteiger partial charge in [-0.25, -0.2) is 0 Å². The quantitative estimate of drug-likeness (QED) is 0.678. The van der Waals surface area contributed by atoms with Crippen molar-refractivity contribution in [2.75, 3.05) is 14.2 Å².